The van der Waals surface area contributed by atoms with Gasteiger partial charge >= 0.3 is 0 Å². The minimum absolute atomic E-state index is 0.110. The van der Waals surface area contributed by atoms with Crippen LogP contribution in [0.25, 0.3) is 0 Å². The second-order valence-electron chi connectivity index (χ2n) is 4.55. The molecule has 0 saturated carbocycles. The Morgan fingerprint density at radius 1 is 0.824 bits per heavy atom. The van der Waals surface area contributed by atoms with Crippen LogP contribution in [0.4, 0.5) is 0 Å². The quantitative estimate of drug-likeness (QED) is 0.843. The Labute approximate surface area is 103 Å². The van der Waals surface area contributed by atoms with Crippen LogP contribution in [0.15, 0.2) is 54.6 Å². The molecule has 0 aliphatic carbocycles. The summed E-state index contributed by atoms with van der Waals surface area (Å²) in [7, 11) is 0. The molecule has 0 aromatic heterocycles. The third kappa shape index (κ3) is 2.75. The standard InChI is InChI=1S/C16H18O/c1-12-8-10-15(11-9-12)16(17)13(2)14-6-4-3-5-7-14/h3-11,13,16-17H,1-2H3. The van der Waals surface area contributed by atoms with E-state index in [9.17, 15) is 5.11 Å². The van der Waals surface area contributed by atoms with Gasteiger partial charge in [-0.25, -0.2) is 0 Å². The summed E-state index contributed by atoms with van der Waals surface area (Å²) in [4.78, 5) is 0. The summed E-state index contributed by atoms with van der Waals surface area (Å²) in [6.45, 7) is 4.11. The summed E-state index contributed by atoms with van der Waals surface area (Å²) in [5, 5.41) is 10.3. The molecule has 0 amide bonds. The highest BCUT2D eigenvalue weighted by Crippen LogP contribution is 2.30. The first-order valence-corrected chi connectivity index (χ1v) is 5.98. The number of rotatable bonds is 3. The van der Waals surface area contributed by atoms with Crippen molar-refractivity contribution in [2.45, 2.75) is 25.9 Å². The number of aliphatic hydroxyl groups is 1. The highest BCUT2D eigenvalue weighted by molar-refractivity contribution is 5.28. The smallest absolute Gasteiger partial charge is 0.0855 e. The maximum atomic E-state index is 10.3. The lowest BCUT2D eigenvalue weighted by atomic mass is 9.90. The minimum Gasteiger partial charge on any atom is -0.388 e. The minimum atomic E-state index is -0.446. The van der Waals surface area contributed by atoms with Gasteiger partial charge in [0, 0.05) is 5.92 Å². The molecule has 0 fully saturated rings. The van der Waals surface area contributed by atoms with Crippen LogP contribution in [0, 0.1) is 6.92 Å². The van der Waals surface area contributed by atoms with E-state index in [1.165, 1.54) is 11.1 Å². The zero-order valence-corrected chi connectivity index (χ0v) is 10.3. The number of benzene rings is 2. The lowest BCUT2D eigenvalue weighted by Gasteiger charge is -2.19. The largest absolute Gasteiger partial charge is 0.388 e. The van der Waals surface area contributed by atoms with Gasteiger partial charge in [-0.05, 0) is 18.1 Å². The van der Waals surface area contributed by atoms with Gasteiger partial charge in [-0.2, -0.15) is 0 Å². The maximum absolute atomic E-state index is 10.3. The highest BCUT2D eigenvalue weighted by Gasteiger charge is 2.17. The first-order valence-electron chi connectivity index (χ1n) is 5.98. The third-order valence-corrected chi connectivity index (χ3v) is 3.22. The molecule has 88 valence electrons. The van der Waals surface area contributed by atoms with E-state index < -0.39 is 6.10 Å². The van der Waals surface area contributed by atoms with E-state index in [0.717, 1.165) is 5.56 Å². The molecular weight excluding hydrogens is 208 g/mol. The van der Waals surface area contributed by atoms with Crippen LogP contribution in [0.2, 0.25) is 0 Å². The molecule has 0 spiro atoms. The fourth-order valence-corrected chi connectivity index (χ4v) is 1.99. The van der Waals surface area contributed by atoms with Crippen molar-refractivity contribution in [2.24, 2.45) is 0 Å². The van der Waals surface area contributed by atoms with Crippen molar-refractivity contribution in [3.8, 4) is 0 Å². The van der Waals surface area contributed by atoms with E-state index in [-0.39, 0.29) is 5.92 Å². The molecule has 0 saturated heterocycles. The van der Waals surface area contributed by atoms with Crippen molar-refractivity contribution >= 4 is 0 Å². The molecule has 0 bridgehead atoms. The second-order valence-corrected chi connectivity index (χ2v) is 4.55. The predicted molar refractivity (Wildman–Crippen MR) is 71.0 cm³/mol. The van der Waals surface area contributed by atoms with Gasteiger partial charge in [0.05, 0.1) is 6.10 Å². The van der Waals surface area contributed by atoms with E-state index in [1.54, 1.807) is 0 Å². The van der Waals surface area contributed by atoms with Crippen molar-refractivity contribution < 1.29 is 5.11 Å². The van der Waals surface area contributed by atoms with Gasteiger partial charge in [0.15, 0.2) is 0 Å². The van der Waals surface area contributed by atoms with E-state index in [4.69, 9.17) is 0 Å². The molecule has 2 rings (SSSR count). The van der Waals surface area contributed by atoms with Gasteiger partial charge in [-0.15, -0.1) is 0 Å². The Bertz CT molecular complexity index is 459. The zero-order valence-electron chi connectivity index (χ0n) is 10.3. The summed E-state index contributed by atoms with van der Waals surface area (Å²) in [5.41, 5.74) is 3.36. The van der Waals surface area contributed by atoms with Crippen LogP contribution in [0.5, 0.6) is 0 Å². The number of aryl methyl sites for hydroxylation is 1. The molecule has 0 radical (unpaired) electrons. The molecular formula is C16H18O. The molecule has 1 nitrogen and oxygen atoms in total. The number of hydrogen-bond acceptors (Lipinski definition) is 1. The lowest BCUT2D eigenvalue weighted by molar-refractivity contribution is 0.151. The first kappa shape index (κ1) is 11.9. The van der Waals surface area contributed by atoms with Crippen LogP contribution in [-0.4, -0.2) is 5.11 Å². The Morgan fingerprint density at radius 2 is 1.41 bits per heavy atom. The number of hydrogen-bond donors (Lipinski definition) is 1. The SMILES string of the molecule is Cc1ccc(C(O)C(C)c2ccccc2)cc1. The summed E-state index contributed by atoms with van der Waals surface area (Å²) < 4.78 is 0. The molecule has 0 aliphatic rings. The third-order valence-electron chi connectivity index (χ3n) is 3.22. The zero-order chi connectivity index (χ0) is 12.3. The second kappa shape index (κ2) is 5.15. The normalized spacial score (nSPS) is 14.3. The summed E-state index contributed by atoms with van der Waals surface area (Å²) in [5.74, 6) is 0.110. The van der Waals surface area contributed by atoms with Gasteiger partial charge in [0.25, 0.3) is 0 Å². The molecule has 1 heteroatoms. The van der Waals surface area contributed by atoms with Gasteiger partial charge in [-0.1, -0.05) is 67.1 Å². The fraction of sp³-hybridized carbons (Fsp3) is 0.250. The lowest BCUT2D eigenvalue weighted by Crippen LogP contribution is -2.07. The van der Waals surface area contributed by atoms with Crippen molar-refractivity contribution in [1.29, 1.82) is 0 Å². The molecule has 2 aromatic rings. The Morgan fingerprint density at radius 3 is 2.00 bits per heavy atom. The van der Waals surface area contributed by atoms with Crippen LogP contribution in [0.1, 0.15) is 35.6 Å². The van der Waals surface area contributed by atoms with E-state index in [0.29, 0.717) is 0 Å². The predicted octanol–water partition coefficient (Wildman–Crippen LogP) is 3.83. The Kier molecular flexibility index (Phi) is 3.60. The molecule has 0 aliphatic heterocycles. The molecule has 2 atom stereocenters. The van der Waals surface area contributed by atoms with Gasteiger partial charge in [0.1, 0.15) is 0 Å². The molecule has 0 heterocycles. The van der Waals surface area contributed by atoms with Crippen molar-refractivity contribution in [1.82, 2.24) is 0 Å². The van der Waals surface area contributed by atoms with Crippen molar-refractivity contribution in [3.63, 3.8) is 0 Å². The van der Waals surface area contributed by atoms with E-state index in [1.807, 2.05) is 42.5 Å². The molecule has 1 N–H and O–H groups in total. The first-order chi connectivity index (χ1) is 8.18. The van der Waals surface area contributed by atoms with Gasteiger partial charge in [-0.3, -0.25) is 0 Å². The van der Waals surface area contributed by atoms with Crippen LogP contribution >= 0.6 is 0 Å². The van der Waals surface area contributed by atoms with Crippen molar-refractivity contribution in [3.05, 3.63) is 71.3 Å². The maximum Gasteiger partial charge on any atom is 0.0855 e. The van der Waals surface area contributed by atoms with Crippen LogP contribution < -0.4 is 0 Å². The van der Waals surface area contributed by atoms with Crippen LogP contribution in [-0.2, 0) is 0 Å². The topological polar surface area (TPSA) is 20.2 Å². The molecule has 2 unspecified atom stereocenters. The van der Waals surface area contributed by atoms with Crippen LogP contribution in [0.3, 0.4) is 0 Å². The molecule has 17 heavy (non-hydrogen) atoms. The summed E-state index contributed by atoms with van der Waals surface area (Å²) in [6, 6.07) is 18.2. The van der Waals surface area contributed by atoms with Gasteiger partial charge in [0.2, 0.25) is 0 Å². The fourth-order valence-electron chi connectivity index (χ4n) is 1.99. The average molecular weight is 226 g/mol. The summed E-state index contributed by atoms with van der Waals surface area (Å²) in [6.07, 6.45) is -0.446. The summed E-state index contributed by atoms with van der Waals surface area (Å²) >= 11 is 0. The Hall–Kier alpha value is -1.60. The molecule has 2 aromatic carbocycles. The Balaban J connectivity index is 2.20. The highest BCUT2D eigenvalue weighted by atomic mass is 16.3. The number of aliphatic hydroxyl groups excluding tert-OH is 1. The van der Waals surface area contributed by atoms with E-state index in [2.05, 4.69) is 26.0 Å². The monoisotopic (exact) mass is 226 g/mol. The van der Waals surface area contributed by atoms with Crippen molar-refractivity contribution in [2.75, 3.05) is 0 Å². The van der Waals surface area contributed by atoms with Gasteiger partial charge < -0.3 is 5.11 Å². The van der Waals surface area contributed by atoms with E-state index >= 15 is 0 Å². The average Bonchev–Trinajstić information content (AvgIpc) is 2.39.